The van der Waals surface area contributed by atoms with Crippen LogP contribution in [-0.4, -0.2) is 11.1 Å². The molecule has 0 fully saturated rings. The standard InChI is InChI=1S/C9H6INO2/c1-5-7(10)3-2-6(4-11)8(5)9(12)13/h2-3H,1H3,(H,12,13). The summed E-state index contributed by atoms with van der Waals surface area (Å²) >= 11 is 2.04. The van der Waals surface area contributed by atoms with Gasteiger partial charge in [-0.2, -0.15) is 5.26 Å². The summed E-state index contributed by atoms with van der Waals surface area (Å²) in [7, 11) is 0. The Hall–Kier alpha value is -1.09. The van der Waals surface area contributed by atoms with E-state index in [1.165, 1.54) is 6.07 Å². The van der Waals surface area contributed by atoms with Crippen molar-refractivity contribution in [2.75, 3.05) is 0 Å². The summed E-state index contributed by atoms with van der Waals surface area (Å²) in [4.78, 5) is 10.8. The van der Waals surface area contributed by atoms with Crippen LogP contribution in [-0.2, 0) is 0 Å². The summed E-state index contributed by atoms with van der Waals surface area (Å²) in [6.45, 7) is 1.70. The molecule has 13 heavy (non-hydrogen) atoms. The van der Waals surface area contributed by atoms with E-state index in [0.717, 1.165) is 3.57 Å². The Morgan fingerprint density at radius 2 is 2.23 bits per heavy atom. The zero-order valence-corrected chi connectivity index (χ0v) is 8.99. The van der Waals surface area contributed by atoms with Crippen molar-refractivity contribution < 1.29 is 9.90 Å². The fraction of sp³-hybridized carbons (Fsp3) is 0.111. The van der Waals surface area contributed by atoms with Crippen LogP contribution in [0.5, 0.6) is 0 Å². The third kappa shape index (κ3) is 1.80. The summed E-state index contributed by atoms with van der Waals surface area (Å²) in [5.74, 6) is -1.05. The van der Waals surface area contributed by atoms with Crippen LogP contribution in [0, 0.1) is 21.8 Å². The molecule has 0 aromatic heterocycles. The van der Waals surface area contributed by atoms with Crippen molar-refractivity contribution >= 4 is 28.6 Å². The molecule has 0 atom stereocenters. The normalized spacial score (nSPS) is 9.31. The highest BCUT2D eigenvalue weighted by Crippen LogP contribution is 2.19. The number of carboxylic acid groups (broad SMARTS) is 1. The molecule has 0 saturated carbocycles. The first-order chi connectivity index (χ1) is 6.07. The molecule has 0 saturated heterocycles. The van der Waals surface area contributed by atoms with E-state index in [2.05, 4.69) is 0 Å². The highest BCUT2D eigenvalue weighted by molar-refractivity contribution is 14.1. The van der Waals surface area contributed by atoms with Gasteiger partial charge in [-0.1, -0.05) is 0 Å². The Morgan fingerprint density at radius 1 is 1.62 bits per heavy atom. The number of nitriles is 1. The molecule has 3 nitrogen and oxygen atoms in total. The Labute approximate surface area is 89.1 Å². The molecule has 4 heteroatoms. The zero-order chi connectivity index (χ0) is 10.0. The van der Waals surface area contributed by atoms with E-state index in [4.69, 9.17) is 10.4 Å². The molecule has 0 heterocycles. The summed E-state index contributed by atoms with van der Waals surface area (Å²) in [6.07, 6.45) is 0. The topological polar surface area (TPSA) is 61.1 Å². The van der Waals surface area contributed by atoms with Gasteiger partial charge in [0.05, 0.1) is 11.1 Å². The van der Waals surface area contributed by atoms with Crippen LogP contribution in [0.1, 0.15) is 21.5 Å². The summed E-state index contributed by atoms with van der Waals surface area (Å²) in [6, 6.07) is 5.12. The number of aromatic carboxylic acids is 1. The summed E-state index contributed by atoms with van der Waals surface area (Å²) < 4.78 is 0.856. The van der Waals surface area contributed by atoms with Crippen molar-refractivity contribution in [3.8, 4) is 6.07 Å². The predicted octanol–water partition coefficient (Wildman–Crippen LogP) is 2.17. The second-order valence-corrected chi connectivity index (χ2v) is 3.67. The van der Waals surface area contributed by atoms with Gasteiger partial charge in [0.25, 0.3) is 0 Å². The third-order valence-electron chi connectivity index (χ3n) is 1.73. The van der Waals surface area contributed by atoms with Crippen molar-refractivity contribution in [3.63, 3.8) is 0 Å². The maximum absolute atomic E-state index is 10.8. The first-order valence-corrected chi connectivity index (χ1v) is 4.58. The number of carbonyl (C=O) groups is 1. The average Bonchev–Trinajstić information content (AvgIpc) is 2.08. The van der Waals surface area contributed by atoms with Gasteiger partial charge >= 0.3 is 5.97 Å². The van der Waals surface area contributed by atoms with E-state index < -0.39 is 5.97 Å². The molecule has 1 rings (SSSR count). The Balaban J connectivity index is 3.53. The SMILES string of the molecule is Cc1c(I)ccc(C#N)c1C(=O)O. The van der Waals surface area contributed by atoms with Gasteiger partial charge in [0.1, 0.15) is 6.07 Å². The molecule has 1 aromatic rings. The van der Waals surface area contributed by atoms with E-state index in [1.807, 2.05) is 28.7 Å². The second-order valence-electron chi connectivity index (χ2n) is 2.51. The van der Waals surface area contributed by atoms with Crippen LogP contribution >= 0.6 is 22.6 Å². The van der Waals surface area contributed by atoms with Gasteiger partial charge in [-0.25, -0.2) is 4.79 Å². The second kappa shape index (κ2) is 3.75. The molecule has 0 bridgehead atoms. The number of carboxylic acids is 1. The highest BCUT2D eigenvalue weighted by Gasteiger charge is 2.14. The largest absolute Gasteiger partial charge is 0.478 e. The fourth-order valence-corrected chi connectivity index (χ4v) is 1.50. The van der Waals surface area contributed by atoms with Gasteiger partial charge in [0.15, 0.2) is 0 Å². The number of nitrogens with zero attached hydrogens (tertiary/aromatic N) is 1. The van der Waals surface area contributed by atoms with Crippen LogP contribution in [0.25, 0.3) is 0 Å². The third-order valence-corrected chi connectivity index (χ3v) is 2.90. The van der Waals surface area contributed by atoms with Crippen molar-refractivity contribution in [2.24, 2.45) is 0 Å². The summed E-state index contributed by atoms with van der Waals surface area (Å²) in [5.41, 5.74) is 0.965. The summed E-state index contributed by atoms with van der Waals surface area (Å²) in [5, 5.41) is 17.5. The number of hydrogen-bond donors (Lipinski definition) is 1. The lowest BCUT2D eigenvalue weighted by Gasteiger charge is -2.04. The molecule has 1 aromatic carbocycles. The van der Waals surface area contributed by atoms with Gasteiger partial charge in [-0.3, -0.25) is 0 Å². The molecule has 0 amide bonds. The first kappa shape index (κ1) is 9.99. The van der Waals surface area contributed by atoms with Crippen LogP contribution < -0.4 is 0 Å². The number of halogens is 1. The Morgan fingerprint density at radius 3 is 2.69 bits per heavy atom. The Kier molecular flexibility index (Phi) is 2.88. The monoisotopic (exact) mass is 287 g/mol. The maximum atomic E-state index is 10.8. The van der Waals surface area contributed by atoms with Crippen LogP contribution in [0.15, 0.2) is 12.1 Å². The van der Waals surface area contributed by atoms with Gasteiger partial charge in [0, 0.05) is 3.57 Å². The number of benzene rings is 1. The molecular formula is C9H6INO2. The molecule has 0 aliphatic rings. The quantitative estimate of drug-likeness (QED) is 0.805. The lowest BCUT2D eigenvalue weighted by Crippen LogP contribution is -2.04. The highest BCUT2D eigenvalue weighted by atomic mass is 127. The average molecular weight is 287 g/mol. The molecule has 0 aliphatic heterocycles. The zero-order valence-electron chi connectivity index (χ0n) is 6.84. The van der Waals surface area contributed by atoms with Crippen molar-refractivity contribution in [1.29, 1.82) is 5.26 Å². The molecule has 1 N–H and O–H groups in total. The van der Waals surface area contributed by atoms with Crippen molar-refractivity contribution in [3.05, 3.63) is 32.4 Å². The van der Waals surface area contributed by atoms with Gasteiger partial charge in [0.2, 0.25) is 0 Å². The lowest BCUT2D eigenvalue weighted by molar-refractivity contribution is 0.0695. The lowest BCUT2D eigenvalue weighted by atomic mass is 10.0. The molecular weight excluding hydrogens is 281 g/mol. The van der Waals surface area contributed by atoms with Gasteiger partial charge in [-0.05, 0) is 47.2 Å². The minimum absolute atomic E-state index is 0.106. The van der Waals surface area contributed by atoms with E-state index in [0.29, 0.717) is 5.56 Å². The maximum Gasteiger partial charge on any atom is 0.337 e. The van der Waals surface area contributed by atoms with Crippen LogP contribution in [0.3, 0.4) is 0 Å². The minimum Gasteiger partial charge on any atom is -0.478 e. The van der Waals surface area contributed by atoms with Crippen LogP contribution in [0.4, 0.5) is 0 Å². The van der Waals surface area contributed by atoms with E-state index in [-0.39, 0.29) is 11.1 Å². The van der Waals surface area contributed by atoms with Crippen molar-refractivity contribution in [1.82, 2.24) is 0 Å². The van der Waals surface area contributed by atoms with E-state index >= 15 is 0 Å². The molecule has 66 valence electrons. The van der Waals surface area contributed by atoms with Crippen molar-refractivity contribution in [2.45, 2.75) is 6.92 Å². The fourth-order valence-electron chi connectivity index (χ4n) is 1.06. The van der Waals surface area contributed by atoms with E-state index in [1.54, 1.807) is 13.0 Å². The van der Waals surface area contributed by atoms with E-state index in [9.17, 15) is 4.79 Å². The smallest absolute Gasteiger partial charge is 0.337 e. The predicted molar refractivity (Wildman–Crippen MR) is 55.6 cm³/mol. The van der Waals surface area contributed by atoms with Gasteiger partial charge < -0.3 is 5.11 Å². The van der Waals surface area contributed by atoms with Gasteiger partial charge in [-0.15, -0.1) is 0 Å². The minimum atomic E-state index is -1.05. The molecule has 0 unspecified atom stereocenters. The molecule has 0 radical (unpaired) electrons. The molecule has 0 spiro atoms. The Bertz CT molecular complexity index is 407. The molecule has 0 aliphatic carbocycles. The number of rotatable bonds is 1. The van der Waals surface area contributed by atoms with Crippen LogP contribution in [0.2, 0.25) is 0 Å². The first-order valence-electron chi connectivity index (χ1n) is 3.50. The number of hydrogen-bond acceptors (Lipinski definition) is 2.